The van der Waals surface area contributed by atoms with Crippen LogP contribution in [0.3, 0.4) is 0 Å². The zero-order valence-corrected chi connectivity index (χ0v) is 21.5. The van der Waals surface area contributed by atoms with E-state index < -0.39 is 13.9 Å². The van der Waals surface area contributed by atoms with Gasteiger partial charge in [-0.05, 0) is 86.0 Å². The van der Waals surface area contributed by atoms with Crippen molar-refractivity contribution in [2.75, 3.05) is 0 Å². The Morgan fingerprint density at radius 2 is 1.91 bits per heavy atom. The van der Waals surface area contributed by atoms with E-state index in [-0.39, 0.29) is 0 Å². The summed E-state index contributed by atoms with van der Waals surface area (Å²) in [7, 11) is -4.95. The Labute approximate surface area is 195 Å². The third kappa shape index (κ3) is 6.47. The Kier molecular flexibility index (Phi) is 8.69. The van der Waals surface area contributed by atoms with Crippen LogP contribution in [0, 0.1) is 29.1 Å². The number of hydrogen-bond acceptors (Lipinski definition) is 4. The van der Waals surface area contributed by atoms with Gasteiger partial charge in [0, 0.05) is 0 Å². The largest absolute Gasteiger partial charge is 0.790 e. The fourth-order valence-corrected chi connectivity index (χ4v) is 7.46. The van der Waals surface area contributed by atoms with Gasteiger partial charge in [-0.15, -0.1) is 0 Å². The molecule has 0 spiro atoms. The molecule has 0 bridgehead atoms. The van der Waals surface area contributed by atoms with Crippen LogP contribution < -0.4 is 9.79 Å². The summed E-state index contributed by atoms with van der Waals surface area (Å²) in [6.45, 7) is 13.8. The average molecular weight is 463 g/mol. The van der Waals surface area contributed by atoms with Crippen LogP contribution in [0.2, 0.25) is 0 Å². The smallest absolute Gasteiger partial charge is 0.0671 e. The molecule has 0 amide bonds. The Morgan fingerprint density at radius 3 is 2.59 bits per heavy atom. The molecule has 3 aliphatic rings. The van der Waals surface area contributed by atoms with Crippen molar-refractivity contribution in [2.45, 2.75) is 104 Å². The second-order valence-corrected chi connectivity index (χ2v) is 12.5. The standard InChI is InChI=1S/C27H45O4P/c1-19(2)8-6-9-21(4)25-15-16-26-22(10-7-17-27(25,26)5)12-13-23-18-24(14-11-20(23)3)31-32(28,29)30/h12-13,19,21,24-26H,3,6-11,14-18H2,1-2,4-5H3,(H2,28,29,30)/p-2/b22-12+,23-13-. The predicted octanol–water partition coefficient (Wildman–Crippen LogP) is 6.47. The maximum Gasteiger partial charge on any atom is 0.0671 e. The molecule has 0 aromatic rings. The molecule has 3 rings (SSSR count). The Morgan fingerprint density at radius 1 is 1.16 bits per heavy atom. The van der Waals surface area contributed by atoms with Crippen molar-refractivity contribution >= 4 is 7.82 Å². The van der Waals surface area contributed by atoms with Crippen molar-refractivity contribution < 1.29 is 18.9 Å². The van der Waals surface area contributed by atoms with Gasteiger partial charge in [0.2, 0.25) is 0 Å². The molecule has 0 saturated heterocycles. The molecule has 0 radical (unpaired) electrons. The van der Waals surface area contributed by atoms with Gasteiger partial charge in [0.25, 0.3) is 0 Å². The van der Waals surface area contributed by atoms with Crippen LogP contribution >= 0.6 is 7.82 Å². The number of rotatable bonds is 8. The monoisotopic (exact) mass is 462 g/mol. The van der Waals surface area contributed by atoms with E-state index >= 15 is 0 Å². The maximum atomic E-state index is 11.0. The number of allylic oxidation sites excluding steroid dienone is 4. The first-order valence-corrected chi connectivity index (χ1v) is 14.2. The summed E-state index contributed by atoms with van der Waals surface area (Å²) < 4.78 is 15.8. The van der Waals surface area contributed by atoms with E-state index in [9.17, 15) is 14.4 Å². The SMILES string of the molecule is C=C1CCC(OP(=O)([O-])[O-])C/C1=C/C=C1\CCCC2(C)C1CCC2C(C)CCCC(C)C. The minimum absolute atomic E-state index is 0.396. The van der Waals surface area contributed by atoms with Gasteiger partial charge in [0.15, 0.2) is 0 Å². The fraction of sp³-hybridized carbons (Fsp3) is 0.778. The van der Waals surface area contributed by atoms with Crippen LogP contribution in [0.4, 0.5) is 0 Å². The van der Waals surface area contributed by atoms with Crippen LogP contribution in [-0.4, -0.2) is 6.10 Å². The number of fused-ring (bicyclic) bond motifs is 1. The molecule has 0 aromatic carbocycles. The summed E-state index contributed by atoms with van der Waals surface area (Å²) in [5.41, 5.74) is 4.02. The van der Waals surface area contributed by atoms with Gasteiger partial charge in [-0.3, -0.25) is 0 Å². The zero-order valence-electron chi connectivity index (χ0n) is 20.6. The molecule has 0 heterocycles. The highest BCUT2D eigenvalue weighted by molar-refractivity contribution is 7.43. The Balaban J connectivity index is 1.70. The van der Waals surface area contributed by atoms with Gasteiger partial charge >= 0.3 is 0 Å². The molecular formula is C27H43O4P-2. The highest BCUT2D eigenvalue weighted by Gasteiger charge is 2.50. The van der Waals surface area contributed by atoms with E-state index in [2.05, 4.69) is 46.4 Å². The second-order valence-electron chi connectivity index (χ2n) is 11.4. The summed E-state index contributed by atoms with van der Waals surface area (Å²) in [5.74, 6) is 3.03. The van der Waals surface area contributed by atoms with E-state index in [0.717, 1.165) is 35.3 Å². The maximum absolute atomic E-state index is 11.0. The van der Waals surface area contributed by atoms with Crippen LogP contribution in [0.25, 0.3) is 0 Å². The lowest BCUT2D eigenvalue weighted by Crippen LogP contribution is -2.36. The molecule has 5 unspecified atom stereocenters. The highest BCUT2D eigenvalue weighted by atomic mass is 31.2. The Bertz CT molecular complexity index is 777. The van der Waals surface area contributed by atoms with Gasteiger partial charge in [-0.25, -0.2) is 0 Å². The average Bonchev–Trinajstić information content (AvgIpc) is 3.04. The second kappa shape index (κ2) is 10.7. The van der Waals surface area contributed by atoms with E-state index in [1.54, 1.807) is 5.57 Å². The van der Waals surface area contributed by atoms with Crippen molar-refractivity contribution in [1.82, 2.24) is 0 Å². The quantitative estimate of drug-likeness (QED) is 0.387. The fourth-order valence-electron chi connectivity index (χ4n) is 6.92. The van der Waals surface area contributed by atoms with Crippen LogP contribution in [-0.2, 0) is 9.09 Å². The van der Waals surface area contributed by atoms with Crippen molar-refractivity contribution in [3.63, 3.8) is 0 Å². The van der Waals surface area contributed by atoms with Crippen LogP contribution in [0.15, 0.2) is 35.5 Å². The minimum atomic E-state index is -4.95. The molecule has 0 aromatic heterocycles. The third-order valence-electron chi connectivity index (χ3n) is 8.61. The lowest BCUT2D eigenvalue weighted by molar-refractivity contribution is -0.345. The Hall–Kier alpha value is -0.670. The molecule has 0 N–H and O–H groups in total. The number of phosphoric ester groups is 1. The molecule has 32 heavy (non-hydrogen) atoms. The van der Waals surface area contributed by atoms with Gasteiger partial charge in [-0.1, -0.05) is 76.8 Å². The topological polar surface area (TPSA) is 72.4 Å². The summed E-state index contributed by atoms with van der Waals surface area (Å²) in [6, 6.07) is 0. The summed E-state index contributed by atoms with van der Waals surface area (Å²) in [5, 5.41) is 0. The van der Waals surface area contributed by atoms with Crippen LogP contribution in [0.5, 0.6) is 0 Å². The highest BCUT2D eigenvalue weighted by Crippen LogP contribution is 2.60. The first-order chi connectivity index (χ1) is 15.0. The van der Waals surface area contributed by atoms with Crippen LogP contribution in [0.1, 0.15) is 98.3 Å². The van der Waals surface area contributed by atoms with Crippen molar-refractivity contribution in [2.24, 2.45) is 29.1 Å². The van der Waals surface area contributed by atoms with Gasteiger partial charge < -0.3 is 18.9 Å². The number of phosphoric acid groups is 1. The van der Waals surface area contributed by atoms with Gasteiger partial charge in [0.1, 0.15) is 0 Å². The van der Waals surface area contributed by atoms with Crippen molar-refractivity contribution in [3.8, 4) is 0 Å². The summed E-state index contributed by atoms with van der Waals surface area (Å²) in [4.78, 5) is 22.1. The lowest BCUT2D eigenvalue weighted by atomic mass is 9.60. The van der Waals surface area contributed by atoms with E-state index in [1.807, 2.05) is 0 Å². The molecular weight excluding hydrogens is 419 g/mol. The molecule has 3 fully saturated rings. The summed E-state index contributed by atoms with van der Waals surface area (Å²) >= 11 is 0. The molecule has 3 aliphatic carbocycles. The molecule has 5 heteroatoms. The molecule has 0 aliphatic heterocycles. The lowest BCUT2D eigenvalue weighted by Gasteiger charge is -2.44. The first kappa shape index (κ1) is 25.9. The van der Waals surface area contributed by atoms with Gasteiger partial charge in [0.05, 0.1) is 13.9 Å². The van der Waals surface area contributed by atoms with Crippen molar-refractivity contribution in [1.29, 1.82) is 0 Å². The van der Waals surface area contributed by atoms with Crippen molar-refractivity contribution in [3.05, 3.63) is 35.5 Å². The van der Waals surface area contributed by atoms with E-state index in [4.69, 9.17) is 4.52 Å². The van der Waals surface area contributed by atoms with Gasteiger partial charge in [-0.2, -0.15) is 0 Å². The number of hydrogen-bond donors (Lipinski definition) is 0. The van der Waals surface area contributed by atoms with E-state index in [0.29, 0.717) is 30.6 Å². The zero-order chi connectivity index (χ0) is 23.5. The normalized spacial score (nSPS) is 35.0. The molecule has 4 nitrogen and oxygen atoms in total. The van der Waals surface area contributed by atoms with E-state index in [1.165, 1.54) is 44.9 Å². The summed E-state index contributed by atoms with van der Waals surface area (Å²) in [6.07, 6.45) is 15.9. The molecule has 3 saturated carbocycles. The molecule has 5 atom stereocenters. The molecule has 182 valence electrons. The predicted molar refractivity (Wildman–Crippen MR) is 128 cm³/mol. The third-order valence-corrected chi connectivity index (χ3v) is 9.17. The minimum Gasteiger partial charge on any atom is -0.790 e. The first-order valence-electron chi connectivity index (χ1n) is 12.8.